The van der Waals surface area contributed by atoms with Crippen LogP contribution in [0, 0.1) is 0 Å². The Morgan fingerprint density at radius 2 is 2.25 bits per heavy atom. The molecular weight excluding hydrogens is 228 g/mol. The predicted molar refractivity (Wildman–Crippen MR) is 61.8 cm³/mol. The Hall–Kier alpha value is -0.910. The molecule has 4 nitrogen and oxygen atoms in total. The fourth-order valence-electron chi connectivity index (χ4n) is 1.36. The van der Waals surface area contributed by atoms with E-state index in [0.29, 0.717) is 17.9 Å². The first-order chi connectivity index (χ1) is 7.72. The van der Waals surface area contributed by atoms with Gasteiger partial charge in [0.05, 0.1) is 13.2 Å². The number of carbonyl (C=O) groups excluding carboxylic acids is 1. The van der Waals surface area contributed by atoms with Gasteiger partial charge in [-0.15, -0.1) is 11.3 Å². The molecule has 0 spiro atoms. The second kappa shape index (κ2) is 6.62. The van der Waals surface area contributed by atoms with Gasteiger partial charge in [-0.1, -0.05) is 0 Å². The molecule has 1 rings (SSSR count). The normalized spacial score (nSPS) is 12.4. The summed E-state index contributed by atoms with van der Waals surface area (Å²) >= 11 is 1.31. The van der Waals surface area contributed by atoms with Crippen molar-refractivity contribution < 1.29 is 19.7 Å². The molecule has 0 aromatic carbocycles. The van der Waals surface area contributed by atoms with E-state index in [9.17, 15) is 4.79 Å². The Labute approximate surface area is 98.5 Å². The van der Waals surface area contributed by atoms with Crippen molar-refractivity contribution in [1.82, 2.24) is 0 Å². The number of aliphatic hydroxyl groups excluding tert-OH is 2. The molecule has 1 unspecified atom stereocenters. The van der Waals surface area contributed by atoms with Crippen molar-refractivity contribution in [2.24, 2.45) is 0 Å². The Kier molecular flexibility index (Phi) is 5.45. The van der Waals surface area contributed by atoms with E-state index in [-0.39, 0.29) is 25.1 Å². The van der Waals surface area contributed by atoms with Crippen LogP contribution in [0.5, 0.6) is 0 Å². The lowest BCUT2D eigenvalue weighted by molar-refractivity contribution is 0.0532. The van der Waals surface area contributed by atoms with Gasteiger partial charge in [0.25, 0.3) is 0 Å². The van der Waals surface area contributed by atoms with E-state index in [2.05, 4.69) is 0 Å². The van der Waals surface area contributed by atoms with Crippen molar-refractivity contribution >= 4 is 17.3 Å². The average Bonchev–Trinajstić information content (AvgIpc) is 2.75. The minimum atomic E-state index is -0.334. The van der Waals surface area contributed by atoms with Crippen molar-refractivity contribution in [2.45, 2.75) is 19.3 Å². The Morgan fingerprint density at radius 1 is 1.50 bits per heavy atom. The lowest BCUT2D eigenvalue weighted by Crippen LogP contribution is -2.04. The SMILES string of the molecule is CCOC(=O)c1ccc(C(CO)CCO)s1. The monoisotopic (exact) mass is 244 g/mol. The number of ether oxygens (including phenoxy) is 1. The van der Waals surface area contributed by atoms with Crippen LogP contribution in [-0.2, 0) is 4.74 Å². The van der Waals surface area contributed by atoms with Gasteiger partial charge in [0.2, 0.25) is 0 Å². The number of hydrogen-bond acceptors (Lipinski definition) is 5. The maximum Gasteiger partial charge on any atom is 0.348 e. The third kappa shape index (κ3) is 3.30. The average molecular weight is 244 g/mol. The summed E-state index contributed by atoms with van der Waals surface area (Å²) in [5.74, 6) is -0.433. The molecular formula is C11H16O4S. The maximum atomic E-state index is 11.4. The topological polar surface area (TPSA) is 66.8 Å². The molecule has 0 radical (unpaired) electrons. The lowest BCUT2D eigenvalue weighted by atomic mass is 10.1. The minimum absolute atomic E-state index is 0.0245. The van der Waals surface area contributed by atoms with E-state index in [1.54, 1.807) is 19.1 Å². The molecule has 0 fully saturated rings. The number of hydrogen-bond donors (Lipinski definition) is 2. The molecule has 0 aliphatic heterocycles. The van der Waals surface area contributed by atoms with E-state index in [4.69, 9.17) is 14.9 Å². The van der Waals surface area contributed by atoms with Gasteiger partial charge < -0.3 is 14.9 Å². The van der Waals surface area contributed by atoms with Crippen LogP contribution in [0.15, 0.2) is 12.1 Å². The van der Waals surface area contributed by atoms with Gasteiger partial charge in [-0.25, -0.2) is 4.79 Å². The van der Waals surface area contributed by atoms with Crippen LogP contribution in [0.25, 0.3) is 0 Å². The quantitative estimate of drug-likeness (QED) is 0.742. The minimum Gasteiger partial charge on any atom is -0.462 e. The second-order valence-electron chi connectivity index (χ2n) is 3.31. The summed E-state index contributed by atoms with van der Waals surface area (Å²) in [5.41, 5.74) is 0. The number of carbonyl (C=O) groups is 1. The lowest BCUT2D eigenvalue weighted by Gasteiger charge is -2.09. The standard InChI is InChI=1S/C11H16O4S/c1-2-15-11(14)10-4-3-9(16-10)8(7-13)5-6-12/h3-4,8,12-13H,2,5-7H2,1H3. The maximum absolute atomic E-state index is 11.4. The van der Waals surface area contributed by atoms with Crippen LogP contribution < -0.4 is 0 Å². The van der Waals surface area contributed by atoms with Gasteiger partial charge in [-0.3, -0.25) is 0 Å². The van der Waals surface area contributed by atoms with Crippen molar-refractivity contribution in [2.75, 3.05) is 19.8 Å². The van der Waals surface area contributed by atoms with E-state index < -0.39 is 0 Å². The summed E-state index contributed by atoms with van der Waals surface area (Å²) in [5, 5.41) is 18.0. The molecule has 2 N–H and O–H groups in total. The summed E-state index contributed by atoms with van der Waals surface area (Å²) < 4.78 is 4.87. The summed E-state index contributed by atoms with van der Waals surface area (Å²) in [6.07, 6.45) is 0.499. The van der Waals surface area contributed by atoms with Crippen LogP contribution >= 0.6 is 11.3 Å². The van der Waals surface area contributed by atoms with Crippen LogP contribution in [-0.4, -0.2) is 36.0 Å². The zero-order chi connectivity index (χ0) is 12.0. The zero-order valence-electron chi connectivity index (χ0n) is 9.18. The smallest absolute Gasteiger partial charge is 0.348 e. The van der Waals surface area contributed by atoms with Crippen LogP contribution in [0.2, 0.25) is 0 Å². The molecule has 1 aromatic rings. The molecule has 16 heavy (non-hydrogen) atoms. The Morgan fingerprint density at radius 3 is 2.81 bits per heavy atom. The van der Waals surface area contributed by atoms with Crippen molar-refractivity contribution in [3.8, 4) is 0 Å². The third-order valence-electron chi connectivity index (χ3n) is 2.20. The van der Waals surface area contributed by atoms with Crippen LogP contribution in [0.4, 0.5) is 0 Å². The fourth-order valence-corrected chi connectivity index (χ4v) is 2.39. The number of rotatable bonds is 6. The number of esters is 1. The molecule has 90 valence electrons. The fraction of sp³-hybridized carbons (Fsp3) is 0.545. The number of thiophene rings is 1. The van der Waals surface area contributed by atoms with Gasteiger partial charge in [0.15, 0.2) is 0 Å². The van der Waals surface area contributed by atoms with Gasteiger partial charge in [0, 0.05) is 17.4 Å². The highest BCUT2D eigenvalue weighted by Crippen LogP contribution is 2.27. The van der Waals surface area contributed by atoms with Crippen molar-refractivity contribution in [3.05, 3.63) is 21.9 Å². The molecule has 0 saturated carbocycles. The van der Waals surface area contributed by atoms with Gasteiger partial charge in [-0.05, 0) is 25.5 Å². The summed E-state index contributed by atoms with van der Waals surface area (Å²) in [6.45, 7) is 2.11. The summed E-state index contributed by atoms with van der Waals surface area (Å²) in [6, 6.07) is 3.49. The predicted octanol–water partition coefficient (Wildman–Crippen LogP) is 1.38. The third-order valence-corrected chi connectivity index (χ3v) is 3.43. The van der Waals surface area contributed by atoms with Gasteiger partial charge in [-0.2, -0.15) is 0 Å². The Balaban J connectivity index is 2.72. The highest BCUT2D eigenvalue weighted by molar-refractivity contribution is 7.14. The number of aliphatic hydroxyl groups is 2. The first-order valence-electron chi connectivity index (χ1n) is 5.21. The summed E-state index contributed by atoms with van der Waals surface area (Å²) in [4.78, 5) is 12.8. The van der Waals surface area contributed by atoms with Crippen LogP contribution in [0.3, 0.4) is 0 Å². The molecule has 1 heterocycles. The summed E-state index contributed by atoms with van der Waals surface area (Å²) in [7, 11) is 0. The van der Waals surface area contributed by atoms with Gasteiger partial charge in [0.1, 0.15) is 4.88 Å². The van der Waals surface area contributed by atoms with Crippen LogP contribution in [0.1, 0.15) is 33.8 Å². The largest absolute Gasteiger partial charge is 0.462 e. The van der Waals surface area contributed by atoms with E-state index in [1.165, 1.54) is 11.3 Å². The Bertz CT molecular complexity index is 334. The van der Waals surface area contributed by atoms with Crippen molar-refractivity contribution in [3.63, 3.8) is 0 Å². The molecule has 0 aliphatic rings. The molecule has 0 bridgehead atoms. The molecule has 1 aromatic heterocycles. The highest BCUT2D eigenvalue weighted by Gasteiger charge is 2.16. The molecule has 0 saturated heterocycles. The molecule has 0 aliphatic carbocycles. The van der Waals surface area contributed by atoms with Gasteiger partial charge >= 0.3 is 5.97 Å². The highest BCUT2D eigenvalue weighted by atomic mass is 32.1. The van der Waals surface area contributed by atoms with Crippen molar-refractivity contribution in [1.29, 1.82) is 0 Å². The van der Waals surface area contributed by atoms with E-state index >= 15 is 0 Å². The second-order valence-corrected chi connectivity index (χ2v) is 4.43. The zero-order valence-corrected chi connectivity index (χ0v) is 10.00. The first kappa shape index (κ1) is 13.2. The molecule has 0 amide bonds. The molecule has 5 heteroatoms. The molecule has 1 atom stereocenters. The van der Waals surface area contributed by atoms with E-state index in [1.807, 2.05) is 0 Å². The first-order valence-corrected chi connectivity index (χ1v) is 6.03. The van der Waals surface area contributed by atoms with E-state index in [0.717, 1.165) is 4.88 Å².